The number of anilines is 1. The number of ether oxygens (including phenoxy) is 2. The molecule has 1 unspecified atom stereocenters. The third-order valence-electron chi connectivity index (χ3n) is 6.23. The zero-order chi connectivity index (χ0) is 23.9. The Morgan fingerprint density at radius 3 is 2.50 bits per heavy atom. The Balaban J connectivity index is 1.31. The molecule has 5 nitrogen and oxygen atoms in total. The number of benzene rings is 3. The Morgan fingerprint density at radius 2 is 1.71 bits per heavy atom. The fraction of sp³-hybridized carbons (Fsp3) is 0.269. The summed E-state index contributed by atoms with van der Waals surface area (Å²) >= 11 is 5.60. The van der Waals surface area contributed by atoms with Crippen LogP contribution in [-0.4, -0.2) is 26.1 Å². The number of thiocarbonyl (C=S) groups is 1. The van der Waals surface area contributed by atoms with Crippen LogP contribution >= 0.6 is 12.2 Å². The van der Waals surface area contributed by atoms with Crippen molar-refractivity contribution in [2.75, 3.05) is 11.1 Å². The van der Waals surface area contributed by atoms with Crippen molar-refractivity contribution < 1.29 is 22.3 Å². The zero-order valence-electron chi connectivity index (χ0n) is 18.7. The second-order valence-corrected chi connectivity index (χ2v) is 11.1. The van der Waals surface area contributed by atoms with Crippen LogP contribution in [0.2, 0.25) is 0 Å². The van der Waals surface area contributed by atoms with E-state index in [0.29, 0.717) is 36.9 Å². The zero-order valence-corrected chi connectivity index (χ0v) is 20.3. The minimum absolute atomic E-state index is 0.210. The molecule has 0 aromatic heterocycles. The topological polar surface area (TPSA) is 55.8 Å². The van der Waals surface area contributed by atoms with Gasteiger partial charge in [-0.05, 0) is 78.9 Å². The van der Waals surface area contributed by atoms with E-state index < -0.39 is 10.0 Å². The van der Waals surface area contributed by atoms with Gasteiger partial charge in [-0.2, -0.15) is 0 Å². The molecule has 2 heterocycles. The molecule has 34 heavy (non-hydrogen) atoms. The highest BCUT2D eigenvalue weighted by Crippen LogP contribution is 2.36. The Labute approximate surface area is 204 Å². The van der Waals surface area contributed by atoms with Gasteiger partial charge in [-0.3, -0.25) is 4.31 Å². The van der Waals surface area contributed by atoms with Crippen molar-refractivity contribution in [3.8, 4) is 11.5 Å². The van der Waals surface area contributed by atoms with Crippen molar-refractivity contribution in [3.63, 3.8) is 0 Å². The van der Waals surface area contributed by atoms with Gasteiger partial charge in [-0.1, -0.05) is 30.4 Å². The molecular formula is C26H24FNO4S2. The fourth-order valence-electron chi connectivity index (χ4n) is 4.52. The predicted octanol–water partition coefficient (Wildman–Crippen LogP) is 5.24. The van der Waals surface area contributed by atoms with Crippen molar-refractivity contribution in [1.29, 1.82) is 0 Å². The van der Waals surface area contributed by atoms with Crippen LogP contribution in [0.4, 0.5) is 10.1 Å². The first-order valence-electron chi connectivity index (χ1n) is 11.1. The van der Waals surface area contributed by atoms with Gasteiger partial charge in [0.15, 0.2) is 11.5 Å². The second-order valence-electron chi connectivity index (χ2n) is 8.69. The first-order chi connectivity index (χ1) is 16.3. The Kier molecular flexibility index (Phi) is 6.04. The maximum atomic E-state index is 13.7. The van der Waals surface area contributed by atoms with Crippen LogP contribution in [0.15, 0.2) is 65.6 Å². The quantitative estimate of drug-likeness (QED) is 0.436. The van der Waals surface area contributed by atoms with Crippen LogP contribution in [0, 0.1) is 5.82 Å². The molecule has 0 saturated carbocycles. The molecule has 0 aliphatic carbocycles. The summed E-state index contributed by atoms with van der Waals surface area (Å²) in [6, 6.07) is 16.7. The van der Waals surface area contributed by atoms with Gasteiger partial charge in [-0.15, -0.1) is 0 Å². The molecule has 3 aromatic rings. The number of sulfonamides is 1. The van der Waals surface area contributed by atoms with Crippen molar-refractivity contribution in [1.82, 2.24) is 0 Å². The molecule has 0 fully saturated rings. The molecule has 0 spiro atoms. The van der Waals surface area contributed by atoms with Crippen LogP contribution in [0.25, 0.3) is 0 Å². The van der Waals surface area contributed by atoms with E-state index in [1.807, 2.05) is 25.1 Å². The van der Waals surface area contributed by atoms with Crippen molar-refractivity contribution in [2.24, 2.45) is 0 Å². The first kappa shape index (κ1) is 22.8. The highest BCUT2D eigenvalue weighted by atomic mass is 32.2. The summed E-state index contributed by atoms with van der Waals surface area (Å²) < 4.78 is 52.9. The largest absolute Gasteiger partial charge is 0.454 e. The van der Waals surface area contributed by atoms with Crippen LogP contribution in [-0.2, 0) is 29.3 Å². The van der Waals surface area contributed by atoms with Gasteiger partial charge in [0, 0.05) is 23.7 Å². The van der Waals surface area contributed by atoms with Crippen LogP contribution in [0.5, 0.6) is 11.5 Å². The number of nitrogens with zero attached hydrogens (tertiary/aromatic N) is 1. The lowest BCUT2D eigenvalue weighted by Gasteiger charge is -2.36. The summed E-state index contributed by atoms with van der Waals surface area (Å²) in [6.07, 6.45) is 2.47. The normalized spacial score (nSPS) is 16.9. The van der Waals surface area contributed by atoms with Crippen molar-refractivity contribution in [2.45, 2.75) is 43.5 Å². The highest BCUT2D eigenvalue weighted by molar-refractivity contribution is 7.92. The van der Waals surface area contributed by atoms with E-state index in [1.165, 1.54) is 16.4 Å². The van der Waals surface area contributed by atoms with E-state index in [2.05, 4.69) is 0 Å². The SMILES string of the molecule is CC1CCc2cc(F)ccc2N1S(=O)(=O)c1ccc(CC(=S)Cc2ccc3c(c2)OCO3)cc1. The molecule has 3 aromatic carbocycles. The van der Waals surface area contributed by atoms with E-state index >= 15 is 0 Å². The number of fused-ring (bicyclic) bond motifs is 2. The molecule has 1 atom stereocenters. The molecule has 8 heteroatoms. The number of rotatable bonds is 6. The number of hydrogen-bond acceptors (Lipinski definition) is 5. The molecule has 0 saturated heterocycles. The molecule has 0 bridgehead atoms. The van der Waals surface area contributed by atoms with E-state index in [9.17, 15) is 12.8 Å². The Bertz CT molecular complexity index is 1360. The van der Waals surface area contributed by atoms with Crippen LogP contribution < -0.4 is 13.8 Å². The lowest BCUT2D eigenvalue weighted by atomic mass is 9.99. The van der Waals surface area contributed by atoms with Gasteiger partial charge in [0.2, 0.25) is 6.79 Å². The maximum absolute atomic E-state index is 13.7. The third kappa shape index (κ3) is 4.40. The molecule has 2 aliphatic heterocycles. The van der Waals surface area contributed by atoms with E-state index in [4.69, 9.17) is 21.7 Å². The average Bonchev–Trinajstić information content (AvgIpc) is 3.27. The molecular weight excluding hydrogens is 473 g/mol. The molecule has 0 radical (unpaired) electrons. The standard InChI is InChI=1S/C26H24FNO4S2/c1-17-2-6-20-15-21(27)7-10-24(20)28(17)34(29,30)23-8-3-18(4-9-23)12-22(33)13-19-5-11-25-26(14-19)32-16-31-25/h3-5,7-11,14-15,17H,2,6,12-13,16H2,1H3. The molecule has 2 aliphatic rings. The van der Waals surface area contributed by atoms with Crippen LogP contribution in [0.1, 0.15) is 30.0 Å². The van der Waals surface area contributed by atoms with Gasteiger partial charge in [0.05, 0.1) is 10.6 Å². The summed E-state index contributed by atoms with van der Waals surface area (Å²) in [7, 11) is -3.78. The summed E-state index contributed by atoms with van der Waals surface area (Å²) in [5, 5.41) is 0. The molecule has 0 amide bonds. The van der Waals surface area contributed by atoms with Gasteiger partial charge in [0.25, 0.3) is 10.0 Å². The van der Waals surface area contributed by atoms with E-state index in [1.54, 1.807) is 30.3 Å². The van der Waals surface area contributed by atoms with Crippen molar-refractivity contribution >= 4 is 32.8 Å². The lowest BCUT2D eigenvalue weighted by Crippen LogP contribution is -2.42. The summed E-state index contributed by atoms with van der Waals surface area (Å²) in [6.45, 7) is 2.12. The number of hydrogen-bond donors (Lipinski definition) is 0. The summed E-state index contributed by atoms with van der Waals surface area (Å²) in [4.78, 5) is 1.05. The van der Waals surface area contributed by atoms with Crippen molar-refractivity contribution in [3.05, 3.63) is 83.2 Å². The summed E-state index contributed by atoms with van der Waals surface area (Å²) in [5.41, 5.74) is 3.25. The molecule has 5 rings (SSSR count). The lowest BCUT2D eigenvalue weighted by molar-refractivity contribution is 0.174. The summed E-state index contributed by atoms with van der Waals surface area (Å²) in [5.74, 6) is 1.11. The van der Waals surface area contributed by atoms with Crippen LogP contribution in [0.3, 0.4) is 0 Å². The smallest absolute Gasteiger partial charge is 0.264 e. The van der Waals surface area contributed by atoms with Gasteiger partial charge < -0.3 is 9.47 Å². The molecule has 0 N–H and O–H groups in total. The predicted molar refractivity (Wildman–Crippen MR) is 133 cm³/mol. The maximum Gasteiger partial charge on any atom is 0.264 e. The monoisotopic (exact) mass is 497 g/mol. The Morgan fingerprint density at radius 1 is 1.00 bits per heavy atom. The van der Waals surface area contributed by atoms with Gasteiger partial charge >= 0.3 is 0 Å². The molecule has 176 valence electrons. The second kappa shape index (κ2) is 9.00. The third-order valence-corrected chi connectivity index (χ3v) is 8.46. The van der Waals surface area contributed by atoms with Gasteiger partial charge in [-0.25, -0.2) is 12.8 Å². The van der Waals surface area contributed by atoms with E-state index in [0.717, 1.165) is 27.5 Å². The fourth-order valence-corrected chi connectivity index (χ4v) is 6.57. The number of halogens is 1. The van der Waals surface area contributed by atoms with Gasteiger partial charge in [0.1, 0.15) is 5.82 Å². The average molecular weight is 498 g/mol. The minimum Gasteiger partial charge on any atom is -0.454 e. The minimum atomic E-state index is -3.78. The first-order valence-corrected chi connectivity index (χ1v) is 13.0. The Hall–Kier alpha value is -2.97. The number of aryl methyl sites for hydroxylation is 1. The van der Waals surface area contributed by atoms with E-state index in [-0.39, 0.29) is 23.5 Å². The highest BCUT2D eigenvalue weighted by Gasteiger charge is 2.34.